The van der Waals surface area contributed by atoms with E-state index < -0.39 is 0 Å². The molecule has 0 amide bonds. The maximum Gasteiger partial charge on any atom is 0.0690 e. The van der Waals surface area contributed by atoms with E-state index in [9.17, 15) is 0 Å². The Morgan fingerprint density at radius 2 is 2.14 bits per heavy atom. The highest BCUT2D eigenvalue weighted by atomic mass is 16.5. The van der Waals surface area contributed by atoms with Crippen molar-refractivity contribution in [2.24, 2.45) is 11.3 Å². The molecule has 2 heterocycles. The smallest absolute Gasteiger partial charge is 0.0690 e. The Labute approximate surface area is 84.6 Å². The molecule has 2 saturated heterocycles. The van der Waals surface area contributed by atoms with Crippen LogP contribution in [0.1, 0.15) is 13.3 Å². The molecule has 2 atom stereocenters. The van der Waals surface area contributed by atoms with Crippen LogP contribution in [0.5, 0.6) is 0 Å². The van der Waals surface area contributed by atoms with E-state index in [1.807, 2.05) is 0 Å². The van der Waals surface area contributed by atoms with Crippen molar-refractivity contribution in [1.82, 2.24) is 0 Å². The summed E-state index contributed by atoms with van der Waals surface area (Å²) >= 11 is 0. The number of allylic oxidation sites excluding steroid dienone is 1. The lowest BCUT2D eigenvalue weighted by Crippen LogP contribution is -2.42. The Kier molecular flexibility index (Phi) is 1.68. The SMILES string of the molecule is C=C1C(C)=C2COCC23COCC1C3. The van der Waals surface area contributed by atoms with Crippen LogP contribution in [0.2, 0.25) is 0 Å². The molecule has 2 heteroatoms. The maximum atomic E-state index is 5.68. The van der Waals surface area contributed by atoms with Gasteiger partial charge in [0.2, 0.25) is 0 Å². The topological polar surface area (TPSA) is 18.5 Å². The van der Waals surface area contributed by atoms with Crippen LogP contribution < -0.4 is 0 Å². The molecule has 3 rings (SSSR count). The van der Waals surface area contributed by atoms with Crippen LogP contribution in [-0.2, 0) is 9.47 Å². The molecular weight excluding hydrogens is 176 g/mol. The van der Waals surface area contributed by atoms with Gasteiger partial charge in [0.1, 0.15) is 0 Å². The van der Waals surface area contributed by atoms with Crippen LogP contribution >= 0.6 is 0 Å². The zero-order valence-electron chi connectivity index (χ0n) is 8.64. The van der Waals surface area contributed by atoms with Crippen molar-refractivity contribution in [3.8, 4) is 0 Å². The summed E-state index contributed by atoms with van der Waals surface area (Å²) in [5.74, 6) is 0.536. The third kappa shape index (κ3) is 0.931. The standard InChI is InChI=1S/C12H16O2/c1-8-9(2)11-5-14-7-12(11)3-10(8)4-13-6-12/h10H,1,3-7H2,2H3. The largest absolute Gasteiger partial charge is 0.380 e. The van der Waals surface area contributed by atoms with E-state index in [-0.39, 0.29) is 5.41 Å². The van der Waals surface area contributed by atoms with Gasteiger partial charge in [0.25, 0.3) is 0 Å². The first-order valence-corrected chi connectivity index (χ1v) is 5.28. The van der Waals surface area contributed by atoms with Gasteiger partial charge in [-0.3, -0.25) is 0 Å². The highest BCUT2D eigenvalue weighted by molar-refractivity contribution is 5.43. The van der Waals surface area contributed by atoms with E-state index in [1.54, 1.807) is 0 Å². The summed E-state index contributed by atoms with van der Waals surface area (Å²) in [5, 5.41) is 0. The van der Waals surface area contributed by atoms with Gasteiger partial charge < -0.3 is 9.47 Å². The molecule has 0 N–H and O–H groups in total. The van der Waals surface area contributed by atoms with Gasteiger partial charge in [-0.15, -0.1) is 0 Å². The number of rotatable bonds is 0. The van der Waals surface area contributed by atoms with Crippen molar-refractivity contribution in [3.05, 3.63) is 23.3 Å². The maximum absolute atomic E-state index is 5.68. The van der Waals surface area contributed by atoms with Crippen molar-refractivity contribution >= 4 is 0 Å². The fourth-order valence-electron chi connectivity index (χ4n) is 3.12. The molecule has 3 aliphatic rings. The normalized spacial score (nSPS) is 41.5. The predicted molar refractivity (Wildman–Crippen MR) is 54.0 cm³/mol. The highest BCUT2D eigenvalue weighted by Crippen LogP contribution is 2.51. The second-order valence-electron chi connectivity index (χ2n) is 4.82. The Hall–Kier alpha value is -0.600. The van der Waals surface area contributed by atoms with Crippen LogP contribution in [0.25, 0.3) is 0 Å². The van der Waals surface area contributed by atoms with Gasteiger partial charge >= 0.3 is 0 Å². The first-order valence-electron chi connectivity index (χ1n) is 5.28. The van der Waals surface area contributed by atoms with Crippen LogP contribution in [0, 0.1) is 11.3 Å². The molecule has 0 radical (unpaired) electrons. The van der Waals surface area contributed by atoms with Gasteiger partial charge in [0, 0.05) is 11.3 Å². The first-order chi connectivity index (χ1) is 6.73. The van der Waals surface area contributed by atoms with E-state index in [0.717, 1.165) is 26.4 Å². The van der Waals surface area contributed by atoms with Gasteiger partial charge in [0.15, 0.2) is 0 Å². The summed E-state index contributed by atoms with van der Waals surface area (Å²) in [5.41, 5.74) is 4.34. The molecule has 1 aliphatic carbocycles. The summed E-state index contributed by atoms with van der Waals surface area (Å²) in [7, 11) is 0. The molecule has 2 aliphatic heterocycles. The van der Waals surface area contributed by atoms with Crippen molar-refractivity contribution in [2.75, 3.05) is 26.4 Å². The molecule has 0 aromatic carbocycles. The third-order valence-electron chi connectivity index (χ3n) is 4.03. The van der Waals surface area contributed by atoms with Crippen LogP contribution in [0.4, 0.5) is 0 Å². The molecule has 2 fully saturated rings. The lowest BCUT2D eigenvalue weighted by Gasteiger charge is -2.43. The molecule has 2 nitrogen and oxygen atoms in total. The molecule has 0 saturated carbocycles. The Morgan fingerprint density at radius 1 is 1.36 bits per heavy atom. The van der Waals surface area contributed by atoms with Crippen LogP contribution in [0.15, 0.2) is 23.3 Å². The number of fused-ring (bicyclic) bond motifs is 1. The fourth-order valence-corrected chi connectivity index (χ4v) is 3.12. The molecule has 1 spiro atoms. The summed E-state index contributed by atoms with van der Waals surface area (Å²) in [6.07, 6.45) is 1.19. The van der Waals surface area contributed by atoms with Gasteiger partial charge in [0.05, 0.1) is 26.4 Å². The molecular formula is C12H16O2. The second-order valence-corrected chi connectivity index (χ2v) is 4.82. The first kappa shape index (κ1) is 8.69. The Morgan fingerprint density at radius 3 is 3.00 bits per heavy atom. The van der Waals surface area contributed by atoms with Gasteiger partial charge in [-0.2, -0.15) is 0 Å². The molecule has 2 unspecified atom stereocenters. The predicted octanol–water partition coefficient (Wildman–Crippen LogP) is 1.93. The summed E-state index contributed by atoms with van der Waals surface area (Å²) < 4.78 is 11.3. The Balaban J connectivity index is 2.14. The zero-order valence-corrected chi connectivity index (χ0v) is 8.64. The summed E-state index contributed by atoms with van der Waals surface area (Å²) in [4.78, 5) is 0. The average molecular weight is 192 g/mol. The third-order valence-corrected chi connectivity index (χ3v) is 4.03. The second kappa shape index (κ2) is 2.71. The molecule has 76 valence electrons. The molecule has 0 aromatic heterocycles. The van der Waals surface area contributed by atoms with E-state index >= 15 is 0 Å². The van der Waals surface area contributed by atoms with Gasteiger partial charge in [-0.1, -0.05) is 6.58 Å². The summed E-state index contributed by atoms with van der Waals surface area (Å²) in [6.45, 7) is 9.72. The van der Waals surface area contributed by atoms with Crippen molar-refractivity contribution in [1.29, 1.82) is 0 Å². The fraction of sp³-hybridized carbons (Fsp3) is 0.667. The van der Waals surface area contributed by atoms with E-state index in [2.05, 4.69) is 13.5 Å². The molecule has 0 aromatic rings. The summed E-state index contributed by atoms with van der Waals surface area (Å²) in [6, 6.07) is 0. The lowest BCUT2D eigenvalue weighted by molar-refractivity contribution is -0.0272. The molecule has 14 heavy (non-hydrogen) atoms. The molecule has 2 bridgehead atoms. The van der Waals surface area contributed by atoms with Crippen molar-refractivity contribution in [3.63, 3.8) is 0 Å². The number of hydrogen-bond donors (Lipinski definition) is 0. The van der Waals surface area contributed by atoms with E-state index in [0.29, 0.717) is 5.92 Å². The monoisotopic (exact) mass is 192 g/mol. The number of hydrogen-bond acceptors (Lipinski definition) is 2. The van der Waals surface area contributed by atoms with Gasteiger partial charge in [-0.25, -0.2) is 0 Å². The zero-order chi connectivity index (χ0) is 9.76. The average Bonchev–Trinajstić information content (AvgIpc) is 2.58. The minimum absolute atomic E-state index is 0.216. The Bertz CT molecular complexity index is 329. The lowest BCUT2D eigenvalue weighted by atomic mass is 9.65. The van der Waals surface area contributed by atoms with Crippen LogP contribution in [-0.4, -0.2) is 26.4 Å². The van der Waals surface area contributed by atoms with Gasteiger partial charge in [-0.05, 0) is 30.1 Å². The van der Waals surface area contributed by atoms with E-state index in [1.165, 1.54) is 23.1 Å². The van der Waals surface area contributed by atoms with E-state index in [4.69, 9.17) is 9.47 Å². The highest BCUT2D eigenvalue weighted by Gasteiger charge is 2.48. The minimum Gasteiger partial charge on any atom is -0.380 e. The minimum atomic E-state index is 0.216. The van der Waals surface area contributed by atoms with Crippen LogP contribution in [0.3, 0.4) is 0 Å². The quantitative estimate of drug-likeness (QED) is 0.584. The number of ether oxygens (including phenoxy) is 2. The van der Waals surface area contributed by atoms with Crippen molar-refractivity contribution < 1.29 is 9.47 Å². The van der Waals surface area contributed by atoms with Crippen molar-refractivity contribution in [2.45, 2.75) is 13.3 Å².